The zero-order valence-electron chi connectivity index (χ0n) is 19.3. The zero-order valence-corrected chi connectivity index (χ0v) is 20.1. The van der Waals surface area contributed by atoms with Crippen LogP contribution in [-0.2, 0) is 0 Å². The first-order chi connectivity index (χ1) is 13.2. The monoisotopic (exact) mass is 398 g/mol. The van der Waals surface area contributed by atoms with Gasteiger partial charge in [0, 0.05) is 4.75 Å². The molecule has 0 rings (SSSR count). The average Bonchev–Trinajstić information content (AvgIpc) is 2.65. The van der Waals surface area contributed by atoms with Gasteiger partial charge in [-0.25, -0.2) is 0 Å². The lowest BCUT2D eigenvalue weighted by Gasteiger charge is -2.60. The van der Waals surface area contributed by atoms with Crippen LogP contribution in [0.1, 0.15) is 54.9 Å². The van der Waals surface area contributed by atoms with Gasteiger partial charge in [-0.1, -0.05) is 109 Å². The van der Waals surface area contributed by atoms with Gasteiger partial charge in [-0.15, -0.1) is 6.58 Å². The Hall–Kier alpha value is -1.73. The standard InChI is InChI=1S/C27H42S/c1-11-17-19-21-24(14-4)28(16-6,25(15-5)22-20-18-12-2)27(9,10)26(7,8)23-13-3/h11-15,17-22H,1,3-4,16,23H2,2,5-10H3/b18-12-,19-17-,22-20-,24-21+,25-15+. The van der Waals surface area contributed by atoms with Crippen molar-refractivity contribution in [2.24, 2.45) is 5.41 Å². The van der Waals surface area contributed by atoms with Gasteiger partial charge in [0.15, 0.2) is 0 Å². The molecule has 1 heteroatoms. The third-order valence-corrected chi connectivity index (χ3v) is 11.4. The van der Waals surface area contributed by atoms with Gasteiger partial charge >= 0.3 is 0 Å². The van der Waals surface area contributed by atoms with Gasteiger partial charge in [-0.3, -0.25) is 0 Å². The Morgan fingerprint density at radius 2 is 1.54 bits per heavy atom. The van der Waals surface area contributed by atoms with Crippen LogP contribution >= 0.6 is 10.0 Å². The summed E-state index contributed by atoms with van der Waals surface area (Å²) in [6.45, 7) is 28.2. The first-order valence-electron chi connectivity index (χ1n) is 10.2. The molecule has 0 aromatic rings. The first-order valence-corrected chi connectivity index (χ1v) is 12.0. The highest BCUT2D eigenvalue weighted by atomic mass is 32.3. The molecule has 0 aromatic carbocycles. The van der Waals surface area contributed by atoms with E-state index in [4.69, 9.17) is 0 Å². The molecule has 0 N–H and O–H groups in total. The fourth-order valence-corrected chi connectivity index (χ4v) is 8.90. The lowest BCUT2D eigenvalue weighted by atomic mass is 9.77. The molecular formula is C27H42S. The van der Waals surface area contributed by atoms with E-state index in [9.17, 15) is 0 Å². The van der Waals surface area contributed by atoms with Crippen molar-refractivity contribution in [3.8, 4) is 0 Å². The number of allylic oxidation sites excluding steroid dienone is 11. The highest BCUT2D eigenvalue weighted by molar-refractivity contribution is 8.41. The molecule has 0 aromatic heterocycles. The summed E-state index contributed by atoms with van der Waals surface area (Å²) in [6.07, 6.45) is 24.1. The van der Waals surface area contributed by atoms with Gasteiger partial charge in [-0.2, -0.15) is 10.0 Å². The van der Waals surface area contributed by atoms with Crippen LogP contribution in [0.3, 0.4) is 0 Å². The summed E-state index contributed by atoms with van der Waals surface area (Å²) in [5.41, 5.74) is 0.0764. The third kappa shape index (κ3) is 5.41. The van der Waals surface area contributed by atoms with Crippen LogP contribution in [0.25, 0.3) is 0 Å². The fraction of sp³-hybridized carbons (Fsp3) is 0.407. The Balaban J connectivity index is 7.09. The molecule has 0 heterocycles. The highest BCUT2D eigenvalue weighted by Gasteiger charge is 2.50. The van der Waals surface area contributed by atoms with Crippen LogP contribution in [-0.4, -0.2) is 10.5 Å². The molecule has 0 aliphatic carbocycles. The van der Waals surface area contributed by atoms with Crippen LogP contribution in [0.2, 0.25) is 0 Å². The summed E-state index contributed by atoms with van der Waals surface area (Å²) in [5.74, 6) is 1.06. The van der Waals surface area contributed by atoms with Crippen LogP contribution in [0.4, 0.5) is 0 Å². The third-order valence-electron chi connectivity index (χ3n) is 5.95. The van der Waals surface area contributed by atoms with Crippen LogP contribution in [0.5, 0.6) is 0 Å². The van der Waals surface area contributed by atoms with Gasteiger partial charge < -0.3 is 0 Å². The molecule has 28 heavy (non-hydrogen) atoms. The normalized spacial score (nSPS) is 17.8. The summed E-state index contributed by atoms with van der Waals surface area (Å²) in [6, 6.07) is 0. The number of hydrogen-bond acceptors (Lipinski definition) is 0. The number of hydrogen-bond donors (Lipinski definition) is 0. The quantitative estimate of drug-likeness (QED) is 0.227. The molecule has 0 bridgehead atoms. The Kier molecular flexibility index (Phi) is 11.2. The van der Waals surface area contributed by atoms with Crippen molar-refractivity contribution >= 4 is 10.0 Å². The minimum atomic E-state index is -1.39. The largest absolute Gasteiger partial charge is 0.182 e. The molecule has 0 radical (unpaired) electrons. The first kappa shape index (κ1) is 26.3. The van der Waals surface area contributed by atoms with E-state index in [2.05, 4.69) is 116 Å². The van der Waals surface area contributed by atoms with Crippen molar-refractivity contribution in [3.63, 3.8) is 0 Å². The topological polar surface area (TPSA) is 0 Å². The summed E-state index contributed by atoms with van der Waals surface area (Å²) in [4.78, 5) is 2.71. The molecule has 1 atom stereocenters. The zero-order chi connectivity index (χ0) is 21.8. The van der Waals surface area contributed by atoms with Crippen molar-refractivity contribution in [2.75, 3.05) is 5.75 Å². The SMILES string of the molecule is C=C/C=C\C=C(/C=C)S(CC)(C(/C=C\C=C/C)=C/C)C(C)(C)C(C)(C)CC=C. The van der Waals surface area contributed by atoms with E-state index in [0.717, 1.165) is 12.2 Å². The van der Waals surface area contributed by atoms with Crippen LogP contribution in [0.15, 0.2) is 96.4 Å². The molecule has 0 nitrogen and oxygen atoms in total. The summed E-state index contributed by atoms with van der Waals surface area (Å²) < 4.78 is 0.0209. The van der Waals surface area contributed by atoms with Gasteiger partial charge in [0.1, 0.15) is 0 Å². The van der Waals surface area contributed by atoms with E-state index >= 15 is 0 Å². The minimum absolute atomic E-state index is 0.0209. The molecule has 0 spiro atoms. The van der Waals surface area contributed by atoms with E-state index in [1.165, 1.54) is 9.81 Å². The van der Waals surface area contributed by atoms with E-state index in [-0.39, 0.29) is 10.2 Å². The predicted octanol–water partition coefficient (Wildman–Crippen LogP) is 9.04. The van der Waals surface area contributed by atoms with E-state index in [0.29, 0.717) is 0 Å². The molecule has 0 saturated carbocycles. The molecule has 1 unspecified atom stereocenters. The predicted molar refractivity (Wildman–Crippen MR) is 136 cm³/mol. The fourth-order valence-electron chi connectivity index (χ4n) is 3.73. The summed E-state index contributed by atoms with van der Waals surface area (Å²) in [7, 11) is -1.39. The molecule has 0 fully saturated rings. The number of rotatable bonds is 12. The Morgan fingerprint density at radius 3 is 1.96 bits per heavy atom. The minimum Gasteiger partial charge on any atom is -0.182 e. The highest BCUT2D eigenvalue weighted by Crippen LogP contribution is 2.75. The van der Waals surface area contributed by atoms with Crippen molar-refractivity contribution in [1.82, 2.24) is 0 Å². The Bertz CT molecular complexity index is 677. The lowest BCUT2D eigenvalue weighted by Crippen LogP contribution is -2.45. The van der Waals surface area contributed by atoms with Crippen molar-refractivity contribution in [3.05, 3.63) is 96.4 Å². The van der Waals surface area contributed by atoms with Gasteiger partial charge in [-0.05, 0) is 47.3 Å². The second kappa shape index (κ2) is 12.0. The van der Waals surface area contributed by atoms with Gasteiger partial charge in [0.05, 0.1) is 0 Å². The van der Waals surface area contributed by atoms with E-state index in [1.54, 1.807) is 0 Å². The summed E-state index contributed by atoms with van der Waals surface area (Å²) >= 11 is 0. The van der Waals surface area contributed by atoms with Crippen LogP contribution in [0, 0.1) is 5.41 Å². The van der Waals surface area contributed by atoms with Crippen molar-refractivity contribution in [1.29, 1.82) is 0 Å². The van der Waals surface area contributed by atoms with E-state index in [1.807, 2.05) is 19.1 Å². The molecule has 0 amide bonds. The summed E-state index contributed by atoms with van der Waals surface area (Å²) in [5, 5.41) is 0. The smallest absolute Gasteiger partial charge is 0.00767 e. The molecule has 0 aliphatic heterocycles. The average molecular weight is 399 g/mol. The maximum absolute atomic E-state index is 4.22. The Morgan fingerprint density at radius 1 is 0.893 bits per heavy atom. The van der Waals surface area contributed by atoms with Crippen molar-refractivity contribution in [2.45, 2.75) is 59.6 Å². The molecule has 156 valence electrons. The second-order valence-corrected chi connectivity index (χ2v) is 11.9. The maximum atomic E-state index is 4.22. The van der Waals surface area contributed by atoms with Crippen LogP contribution < -0.4 is 0 Å². The second-order valence-electron chi connectivity index (χ2n) is 7.88. The molecule has 0 saturated heterocycles. The molecule has 0 aliphatic rings. The molecular weight excluding hydrogens is 356 g/mol. The van der Waals surface area contributed by atoms with Crippen molar-refractivity contribution < 1.29 is 0 Å². The lowest BCUT2D eigenvalue weighted by molar-refractivity contribution is 0.284. The van der Waals surface area contributed by atoms with E-state index < -0.39 is 10.0 Å². The Labute approximate surface area is 177 Å². The maximum Gasteiger partial charge on any atom is 0.00767 e. The van der Waals surface area contributed by atoms with Gasteiger partial charge in [0.25, 0.3) is 0 Å². The van der Waals surface area contributed by atoms with Gasteiger partial charge in [0.2, 0.25) is 0 Å².